The molecular weight excluding hydrogens is 344 g/mol. The number of likely N-dealkylation sites (N-methyl/N-ethyl adjacent to an activating group) is 1. The summed E-state index contributed by atoms with van der Waals surface area (Å²) in [6, 6.07) is 7.44. The lowest BCUT2D eigenvalue weighted by atomic mass is 10.0. The second kappa shape index (κ2) is 7.03. The monoisotopic (exact) mass is 368 g/mol. The first-order valence-electron chi connectivity index (χ1n) is 9.22. The number of aromatic amines is 1. The van der Waals surface area contributed by atoms with Gasteiger partial charge in [-0.05, 0) is 32.0 Å². The molecule has 1 saturated heterocycles. The summed E-state index contributed by atoms with van der Waals surface area (Å²) in [7, 11) is 3.62. The van der Waals surface area contributed by atoms with Gasteiger partial charge in [0.05, 0.1) is 17.2 Å². The van der Waals surface area contributed by atoms with Gasteiger partial charge < -0.3 is 15.2 Å². The minimum absolute atomic E-state index is 0.0511. The Balaban J connectivity index is 1.49. The first kappa shape index (κ1) is 17.5. The van der Waals surface area contributed by atoms with Crippen LogP contribution in [0.15, 0.2) is 41.5 Å². The van der Waals surface area contributed by atoms with E-state index < -0.39 is 6.04 Å². The number of nitrogens with one attached hydrogen (secondary N) is 2. The number of amides is 1. The van der Waals surface area contributed by atoms with Crippen molar-refractivity contribution in [2.75, 3.05) is 20.1 Å². The van der Waals surface area contributed by atoms with Crippen LogP contribution in [0.2, 0.25) is 0 Å². The third-order valence-electron chi connectivity index (χ3n) is 5.36. The number of imidazole rings is 1. The number of H-pyrrole nitrogens is 1. The number of fused-ring (bicyclic) bond motifs is 1. The van der Waals surface area contributed by atoms with E-state index in [4.69, 9.17) is 0 Å². The fourth-order valence-corrected chi connectivity index (χ4v) is 3.99. The molecule has 1 aliphatic heterocycles. The molecule has 1 fully saturated rings. The van der Waals surface area contributed by atoms with E-state index >= 15 is 0 Å². The number of aryl methyl sites for hydroxylation is 1. The predicted molar refractivity (Wildman–Crippen MR) is 102 cm³/mol. The van der Waals surface area contributed by atoms with E-state index in [2.05, 4.69) is 15.4 Å². The predicted octanol–water partition coefficient (Wildman–Crippen LogP) is 1.19. The van der Waals surface area contributed by atoms with E-state index in [1.54, 1.807) is 17.9 Å². The lowest BCUT2D eigenvalue weighted by molar-refractivity contribution is -0.134. The quantitative estimate of drug-likeness (QED) is 0.724. The highest BCUT2D eigenvalue weighted by molar-refractivity contribution is 5.83. The Labute approximate surface area is 156 Å². The lowest BCUT2D eigenvalue weighted by Crippen LogP contribution is -2.45. The highest BCUT2D eigenvalue weighted by Gasteiger charge is 2.30. The Kier molecular flexibility index (Phi) is 4.57. The summed E-state index contributed by atoms with van der Waals surface area (Å²) >= 11 is 0. The molecule has 0 radical (unpaired) electrons. The highest BCUT2D eigenvalue weighted by Crippen LogP contribution is 2.26. The number of piperidine rings is 1. The SMILES string of the molecule is CNC(C(=O)N1CCC(n2c(=O)[nH]c3ccccc32)CC1)c1cnn(C)c1. The third kappa shape index (κ3) is 3.16. The standard InChI is InChI=1S/C19H24N6O2/c1-20-17(13-11-21-23(2)12-13)18(26)24-9-7-14(8-10-24)25-16-6-4-3-5-15(16)22-19(25)27/h3-6,11-12,14,17,20H,7-10H2,1-2H3,(H,22,27). The third-order valence-corrected chi connectivity index (χ3v) is 5.36. The van der Waals surface area contributed by atoms with Gasteiger partial charge in [0.1, 0.15) is 6.04 Å². The number of carbonyl (C=O) groups excluding carboxylic acids is 1. The number of hydrogen-bond acceptors (Lipinski definition) is 4. The van der Waals surface area contributed by atoms with E-state index in [0.29, 0.717) is 13.1 Å². The van der Waals surface area contributed by atoms with Gasteiger partial charge in [-0.3, -0.25) is 14.0 Å². The number of hydrogen-bond donors (Lipinski definition) is 2. The normalized spacial score (nSPS) is 16.7. The fraction of sp³-hybridized carbons (Fsp3) is 0.421. The summed E-state index contributed by atoms with van der Waals surface area (Å²) < 4.78 is 3.54. The molecule has 142 valence electrons. The molecule has 3 aromatic rings. The summed E-state index contributed by atoms with van der Waals surface area (Å²) in [4.78, 5) is 30.2. The second-order valence-electron chi connectivity index (χ2n) is 7.04. The molecule has 1 atom stereocenters. The molecule has 0 aliphatic carbocycles. The molecule has 0 saturated carbocycles. The van der Waals surface area contributed by atoms with Gasteiger partial charge in [0.2, 0.25) is 5.91 Å². The van der Waals surface area contributed by atoms with Crippen LogP contribution >= 0.6 is 0 Å². The molecule has 1 aromatic carbocycles. The summed E-state index contributed by atoms with van der Waals surface area (Å²) in [6.45, 7) is 1.27. The van der Waals surface area contributed by atoms with Crippen LogP contribution in [0.3, 0.4) is 0 Å². The summed E-state index contributed by atoms with van der Waals surface area (Å²) in [5, 5.41) is 7.26. The van der Waals surface area contributed by atoms with Gasteiger partial charge in [-0.2, -0.15) is 5.10 Å². The van der Waals surface area contributed by atoms with Gasteiger partial charge in [-0.1, -0.05) is 12.1 Å². The van der Waals surface area contributed by atoms with Crippen LogP contribution in [-0.4, -0.2) is 50.3 Å². The number of nitrogens with zero attached hydrogens (tertiary/aromatic N) is 4. The van der Waals surface area contributed by atoms with Crippen LogP contribution in [0.1, 0.15) is 30.5 Å². The van der Waals surface area contributed by atoms with Crippen molar-refractivity contribution in [1.29, 1.82) is 0 Å². The van der Waals surface area contributed by atoms with E-state index in [0.717, 1.165) is 29.4 Å². The van der Waals surface area contributed by atoms with Crippen molar-refractivity contribution in [1.82, 2.24) is 29.5 Å². The van der Waals surface area contributed by atoms with Gasteiger partial charge in [-0.25, -0.2) is 4.79 Å². The van der Waals surface area contributed by atoms with Crippen molar-refractivity contribution < 1.29 is 4.79 Å². The molecule has 0 bridgehead atoms. The van der Waals surface area contributed by atoms with E-state index in [1.165, 1.54) is 0 Å². The molecule has 4 rings (SSSR count). The van der Waals surface area contributed by atoms with Crippen molar-refractivity contribution in [3.05, 3.63) is 52.7 Å². The van der Waals surface area contributed by atoms with Crippen molar-refractivity contribution >= 4 is 16.9 Å². The van der Waals surface area contributed by atoms with Gasteiger partial charge in [-0.15, -0.1) is 0 Å². The average Bonchev–Trinajstić information content (AvgIpc) is 3.25. The number of benzene rings is 1. The average molecular weight is 368 g/mol. The van der Waals surface area contributed by atoms with Gasteiger partial charge in [0.25, 0.3) is 0 Å². The molecule has 27 heavy (non-hydrogen) atoms. The molecule has 8 nitrogen and oxygen atoms in total. The Morgan fingerprint density at radius 1 is 1.30 bits per heavy atom. The largest absolute Gasteiger partial charge is 0.341 e. The Morgan fingerprint density at radius 2 is 2.04 bits per heavy atom. The zero-order valence-electron chi connectivity index (χ0n) is 15.6. The molecule has 1 unspecified atom stereocenters. The number of aromatic nitrogens is 4. The minimum Gasteiger partial charge on any atom is -0.341 e. The van der Waals surface area contributed by atoms with E-state index in [-0.39, 0.29) is 17.6 Å². The van der Waals surface area contributed by atoms with Crippen molar-refractivity contribution in [2.45, 2.75) is 24.9 Å². The number of likely N-dealkylation sites (tertiary alicyclic amines) is 1. The number of carbonyl (C=O) groups is 1. The van der Waals surface area contributed by atoms with Crippen LogP contribution < -0.4 is 11.0 Å². The molecule has 1 amide bonds. The van der Waals surface area contributed by atoms with Crippen LogP contribution in [0.25, 0.3) is 11.0 Å². The molecule has 8 heteroatoms. The molecule has 0 spiro atoms. The number of rotatable bonds is 4. The first-order chi connectivity index (χ1) is 13.1. The number of para-hydroxylation sites is 2. The summed E-state index contributed by atoms with van der Waals surface area (Å²) in [5.41, 5.74) is 2.56. The maximum absolute atomic E-state index is 13.0. The summed E-state index contributed by atoms with van der Waals surface area (Å²) in [5.74, 6) is 0.0511. The smallest absolute Gasteiger partial charge is 0.326 e. The molecule has 1 aliphatic rings. The molecule has 2 aromatic heterocycles. The summed E-state index contributed by atoms with van der Waals surface area (Å²) in [6.07, 6.45) is 5.10. The minimum atomic E-state index is -0.397. The van der Waals surface area contributed by atoms with E-state index in [1.807, 2.05) is 47.0 Å². The fourth-order valence-electron chi connectivity index (χ4n) is 3.99. The van der Waals surface area contributed by atoms with Crippen LogP contribution in [0, 0.1) is 0 Å². The van der Waals surface area contributed by atoms with Crippen LogP contribution in [0.5, 0.6) is 0 Å². The van der Waals surface area contributed by atoms with Gasteiger partial charge in [0.15, 0.2) is 0 Å². The molecule has 3 heterocycles. The highest BCUT2D eigenvalue weighted by atomic mass is 16.2. The maximum atomic E-state index is 13.0. The zero-order chi connectivity index (χ0) is 19.0. The molecular formula is C19H24N6O2. The van der Waals surface area contributed by atoms with Crippen LogP contribution in [-0.2, 0) is 11.8 Å². The van der Waals surface area contributed by atoms with Crippen molar-refractivity contribution in [3.63, 3.8) is 0 Å². The maximum Gasteiger partial charge on any atom is 0.326 e. The Bertz CT molecular complexity index is 1010. The first-order valence-corrected chi connectivity index (χ1v) is 9.22. The van der Waals surface area contributed by atoms with E-state index in [9.17, 15) is 9.59 Å². The Morgan fingerprint density at radius 3 is 2.70 bits per heavy atom. The van der Waals surface area contributed by atoms with Crippen LogP contribution in [0.4, 0.5) is 0 Å². The van der Waals surface area contributed by atoms with Crippen molar-refractivity contribution in [2.24, 2.45) is 7.05 Å². The van der Waals surface area contributed by atoms with Gasteiger partial charge in [0, 0.05) is 37.9 Å². The zero-order valence-corrected chi connectivity index (χ0v) is 15.6. The second-order valence-corrected chi connectivity index (χ2v) is 7.04. The lowest BCUT2D eigenvalue weighted by Gasteiger charge is -2.34. The Hall–Kier alpha value is -2.87. The topological polar surface area (TPSA) is 87.9 Å². The van der Waals surface area contributed by atoms with Gasteiger partial charge >= 0.3 is 5.69 Å². The van der Waals surface area contributed by atoms with Crippen molar-refractivity contribution in [3.8, 4) is 0 Å². The molecule has 2 N–H and O–H groups in total.